The van der Waals surface area contributed by atoms with Crippen molar-refractivity contribution in [3.8, 4) is 5.69 Å². The Bertz CT molecular complexity index is 1160. The molecule has 0 saturated carbocycles. The van der Waals surface area contributed by atoms with Crippen LogP contribution >= 0.6 is 11.8 Å². The van der Waals surface area contributed by atoms with Crippen LogP contribution in [0.5, 0.6) is 0 Å². The Labute approximate surface area is 167 Å². The highest BCUT2D eigenvalue weighted by molar-refractivity contribution is 7.98. The molecule has 0 unspecified atom stereocenters. The first-order chi connectivity index (χ1) is 13.8. The minimum atomic E-state index is -0.0202. The fraction of sp³-hybridized carbons (Fsp3) is 0.130. The van der Waals surface area contributed by atoms with Gasteiger partial charge < -0.3 is 5.32 Å². The SMILES string of the molecule is O=C(Cc1cccc2ccccc12)Nc1c2c(nn1-c1ccccc1)CSC2. The molecule has 1 aromatic heterocycles. The first kappa shape index (κ1) is 17.1. The number of fused-ring (bicyclic) bond motifs is 2. The highest BCUT2D eigenvalue weighted by Crippen LogP contribution is 2.36. The number of para-hydroxylation sites is 1. The Hall–Kier alpha value is -3.05. The molecule has 0 saturated heterocycles. The molecule has 138 valence electrons. The van der Waals surface area contributed by atoms with Gasteiger partial charge in [0.2, 0.25) is 5.91 Å². The fourth-order valence-electron chi connectivity index (χ4n) is 3.69. The second-order valence-corrected chi connectivity index (χ2v) is 7.86. The third-order valence-corrected chi connectivity index (χ3v) is 6.01. The van der Waals surface area contributed by atoms with Crippen LogP contribution in [0.2, 0.25) is 0 Å². The van der Waals surface area contributed by atoms with Gasteiger partial charge in [0.05, 0.1) is 17.8 Å². The summed E-state index contributed by atoms with van der Waals surface area (Å²) in [4.78, 5) is 12.9. The van der Waals surface area contributed by atoms with Gasteiger partial charge in [-0.3, -0.25) is 4.79 Å². The molecule has 4 nitrogen and oxygen atoms in total. The van der Waals surface area contributed by atoms with Crippen molar-refractivity contribution in [3.63, 3.8) is 0 Å². The summed E-state index contributed by atoms with van der Waals surface area (Å²) < 4.78 is 1.87. The van der Waals surface area contributed by atoms with Gasteiger partial charge in [0.25, 0.3) is 0 Å². The molecule has 4 aromatic rings. The number of thioether (sulfide) groups is 1. The van der Waals surface area contributed by atoms with Crippen molar-refractivity contribution in [3.05, 3.63) is 89.6 Å². The van der Waals surface area contributed by atoms with Crippen LogP contribution in [-0.4, -0.2) is 15.7 Å². The number of rotatable bonds is 4. The Balaban J connectivity index is 1.47. The Morgan fingerprint density at radius 3 is 2.64 bits per heavy atom. The van der Waals surface area contributed by atoms with E-state index in [1.54, 1.807) is 0 Å². The van der Waals surface area contributed by atoms with Crippen LogP contribution < -0.4 is 5.32 Å². The smallest absolute Gasteiger partial charge is 0.229 e. The molecule has 0 radical (unpaired) electrons. The highest BCUT2D eigenvalue weighted by Gasteiger charge is 2.24. The van der Waals surface area contributed by atoms with E-state index in [9.17, 15) is 4.79 Å². The van der Waals surface area contributed by atoms with Gasteiger partial charge in [-0.1, -0.05) is 60.7 Å². The lowest BCUT2D eigenvalue weighted by Gasteiger charge is -2.12. The van der Waals surface area contributed by atoms with Gasteiger partial charge in [-0.25, -0.2) is 4.68 Å². The van der Waals surface area contributed by atoms with Crippen LogP contribution in [0.3, 0.4) is 0 Å². The standard InChI is InChI=1S/C23H19N3OS/c27-22(13-17-9-6-8-16-7-4-5-12-19(16)17)24-23-20-14-28-15-21(20)25-26(23)18-10-2-1-3-11-18/h1-12H,13-15H2,(H,24,27). The molecule has 1 aliphatic heterocycles. The predicted molar refractivity (Wildman–Crippen MR) is 115 cm³/mol. The first-order valence-corrected chi connectivity index (χ1v) is 10.5. The highest BCUT2D eigenvalue weighted by atomic mass is 32.2. The quantitative estimate of drug-likeness (QED) is 0.540. The Kier molecular flexibility index (Phi) is 4.37. The van der Waals surface area contributed by atoms with E-state index in [0.29, 0.717) is 6.42 Å². The summed E-state index contributed by atoms with van der Waals surface area (Å²) in [5.41, 5.74) is 4.20. The van der Waals surface area contributed by atoms with Crippen LogP contribution in [0.25, 0.3) is 16.5 Å². The van der Waals surface area contributed by atoms with Gasteiger partial charge in [-0.05, 0) is 28.5 Å². The summed E-state index contributed by atoms with van der Waals surface area (Å²) in [5.74, 6) is 2.55. The minimum Gasteiger partial charge on any atom is -0.310 e. The van der Waals surface area contributed by atoms with Crippen LogP contribution in [0.4, 0.5) is 5.82 Å². The van der Waals surface area contributed by atoms with Crippen molar-refractivity contribution in [1.82, 2.24) is 9.78 Å². The first-order valence-electron chi connectivity index (χ1n) is 9.30. The summed E-state index contributed by atoms with van der Waals surface area (Å²) in [6.07, 6.45) is 0.337. The zero-order valence-corrected chi connectivity index (χ0v) is 16.1. The number of hydrogen-bond donors (Lipinski definition) is 1. The average Bonchev–Trinajstić information content (AvgIpc) is 3.32. The van der Waals surface area contributed by atoms with Gasteiger partial charge in [0.1, 0.15) is 5.82 Å². The number of nitrogens with zero attached hydrogens (tertiary/aromatic N) is 2. The summed E-state index contributed by atoms with van der Waals surface area (Å²) in [6.45, 7) is 0. The van der Waals surface area contributed by atoms with Gasteiger partial charge in [-0.2, -0.15) is 16.9 Å². The van der Waals surface area contributed by atoms with E-state index in [0.717, 1.165) is 50.6 Å². The molecule has 5 heteroatoms. The molecule has 5 rings (SSSR count). The molecular formula is C23H19N3OS. The summed E-state index contributed by atoms with van der Waals surface area (Å²) in [6, 6.07) is 24.3. The van der Waals surface area contributed by atoms with Crippen molar-refractivity contribution in [1.29, 1.82) is 0 Å². The van der Waals surface area contributed by atoms with Gasteiger partial charge >= 0.3 is 0 Å². The van der Waals surface area contributed by atoms with Crippen LogP contribution in [-0.2, 0) is 22.7 Å². The van der Waals surface area contributed by atoms with Gasteiger partial charge in [0, 0.05) is 17.1 Å². The second-order valence-electron chi connectivity index (χ2n) is 6.88. The zero-order chi connectivity index (χ0) is 18.9. The number of hydrogen-bond acceptors (Lipinski definition) is 3. The second kappa shape index (κ2) is 7.17. The van der Waals surface area contributed by atoms with E-state index >= 15 is 0 Å². The fourth-order valence-corrected chi connectivity index (χ4v) is 4.73. The lowest BCUT2D eigenvalue weighted by Crippen LogP contribution is -2.18. The van der Waals surface area contributed by atoms with Gasteiger partial charge in [0.15, 0.2) is 0 Å². The lowest BCUT2D eigenvalue weighted by molar-refractivity contribution is -0.115. The van der Waals surface area contributed by atoms with E-state index in [2.05, 4.69) is 23.5 Å². The summed E-state index contributed by atoms with van der Waals surface area (Å²) in [7, 11) is 0. The third kappa shape index (κ3) is 3.08. The molecule has 0 fully saturated rings. The lowest BCUT2D eigenvalue weighted by atomic mass is 10.0. The molecular weight excluding hydrogens is 366 g/mol. The van der Waals surface area contributed by atoms with Crippen LogP contribution in [0.15, 0.2) is 72.8 Å². The number of benzene rings is 3. The number of carbonyl (C=O) groups excluding carboxylic acids is 1. The van der Waals surface area contributed by atoms with Crippen molar-refractivity contribution in [2.45, 2.75) is 17.9 Å². The number of nitrogens with one attached hydrogen (secondary N) is 1. The van der Waals surface area contributed by atoms with Gasteiger partial charge in [-0.15, -0.1) is 0 Å². The van der Waals surface area contributed by atoms with Crippen molar-refractivity contribution >= 4 is 34.3 Å². The van der Waals surface area contributed by atoms with Crippen LogP contribution in [0, 0.1) is 0 Å². The molecule has 1 aliphatic rings. The van der Waals surface area contributed by atoms with E-state index in [4.69, 9.17) is 5.10 Å². The molecule has 1 amide bonds. The maximum atomic E-state index is 12.9. The molecule has 0 bridgehead atoms. The van der Waals surface area contributed by atoms with Crippen molar-refractivity contribution < 1.29 is 4.79 Å². The van der Waals surface area contributed by atoms with E-state index < -0.39 is 0 Å². The average molecular weight is 385 g/mol. The number of carbonyl (C=O) groups is 1. The largest absolute Gasteiger partial charge is 0.310 e. The third-order valence-electron chi connectivity index (χ3n) is 5.04. The summed E-state index contributed by atoms with van der Waals surface area (Å²) >= 11 is 1.83. The van der Waals surface area contributed by atoms with E-state index in [1.165, 1.54) is 0 Å². The number of aromatic nitrogens is 2. The maximum absolute atomic E-state index is 12.9. The normalized spacial score (nSPS) is 12.9. The molecule has 2 heterocycles. The predicted octanol–water partition coefficient (Wildman–Crippen LogP) is 4.95. The zero-order valence-electron chi connectivity index (χ0n) is 15.3. The van der Waals surface area contributed by atoms with E-state index in [-0.39, 0.29) is 5.91 Å². The van der Waals surface area contributed by atoms with Crippen molar-refractivity contribution in [2.75, 3.05) is 5.32 Å². The topological polar surface area (TPSA) is 46.9 Å². The summed E-state index contributed by atoms with van der Waals surface area (Å²) in [5, 5.41) is 10.2. The molecule has 28 heavy (non-hydrogen) atoms. The van der Waals surface area contributed by atoms with E-state index in [1.807, 2.05) is 71.0 Å². The molecule has 3 aromatic carbocycles. The molecule has 0 spiro atoms. The minimum absolute atomic E-state index is 0.0202. The Morgan fingerprint density at radius 1 is 0.964 bits per heavy atom. The molecule has 1 N–H and O–H groups in total. The molecule has 0 aliphatic carbocycles. The molecule has 0 atom stereocenters. The Morgan fingerprint density at radius 2 is 1.75 bits per heavy atom. The van der Waals surface area contributed by atoms with Crippen LogP contribution in [0.1, 0.15) is 16.8 Å². The monoisotopic (exact) mass is 385 g/mol. The van der Waals surface area contributed by atoms with Crippen molar-refractivity contribution in [2.24, 2.45) is 0 Å². The maximum Gasteiger partial charge on any atom is 0.229 e. The number of anilines is 1. The number of amides is 1.